The van der Waals surface area contributed by atoms with Crippen LogP contribution in [0.4, 0.5) is 0 Å². The van der Waals surface area contributed by atoms with Gasteiger partial charge in [0.05, 0.1) is 12.7 Å². The molecule has 1 aliphatic heterocycles. The molecule has 1 aromatic rings. The van der Waals surface area contributed by atoms with Crippen LogP contribution >= 0.6 is 0 Å². The van der Waals surface area contributed by atoms with E-state index in [1.54, 1.807) is 4.68 Å². The van der Waals surface area contributed by atoms with E-state index in [2.05, 4.69) is 24.3 Å². The van der Waals surface area contributed by atoms with E-state index >= 15 is 0 Å². The minimum atomic E-state index is 0.154. The van der Waals surface area contributed by atoms with E-state index in [4.69, 9.17) is 0 Å². The predicted octanol–water partition coefficient (Wildman–Crippen LogP) is 1.33. The quantitative estimate of drug-likeness (QED) is 0.892. The van der Waals surface area contributed by atoms with Gasteiger partial charge in [-0.15, -0.1) is 0 Å². The second-order valence-corrected chi connectivity index (χ2v) is 5.61. The Morgan fingerprint density at radius 1 is 1.53 bits per heavy atom. The SMILES string of the molecule is CC1CCN(C(=O)CNC(C)c2cnn(C)c2)CC1. The van der Waals surface area contributed by atoms with Crippen LogP contribution in [0, 0.1) is 5.92 Å². The van der Waals surface area contributed by atoms with Gasteiger partial charge in [0.25, 0.3) is 0 Å². The van der Waals surface area contributed by atoms with Crippen molar-refractivity contribution in [3.63, 3.8) is 0 Å². The second kappa shape index (κ2) is 6.19. The van der Waals surface area contributed by atoms with E-state index in [9.17, 15) is 4.79 Å². The molecule has 2 heterocycles. The van der Waals surface area contributed by atoms with Gasteiger partial charge in [0, 0.05) is 37.9 Å². The highest BCUT2D eigenvalue weighted by Gasteiger charge is 2.20. The number of piperidine rings is 1. The van der Waals surface area contributed by atoms with Gasteiger partial charge in [-0.3, -0.25) is 9.48 Å². The Bertz CT molecular complexity index is 421. The molecule has 1 aliphatic rings. The number of hydrogen-bond acceptors (Lipinski definition) is 3. The van der Waals surface area contributed by atoms with Crippen molar-refractivity contribution in [3.05, 3.63) is 18.0 Å². The van der Waals surface area contributed by atoms with Crippen molar-refractivity contribution >= 4 is 5.91 Å². The van der Waals surface area contributed by atoms with Crippen LogP contribution < -0.4 is 5.32 Å². The van der Waals surface area contributed by atoms with Gasteiger partial charge in [-0.2, -0.15) is 5.10 Å². The summed E-state index contributed by atoms with van der Waals surface area (Å²) in [6.07, 6.45) is 6.07. The number of likely N-dealkylation sites (tertiary alicyclic amines) is 1. The molecule has 1 amide bonds. The van der Waals surface area contributed by atoms with Crippen LogP contribution in [0.3, 0.4) is 0 Å². The highest BCUT2D eigenvalue weighted by molar-refractivity contribution is 5.78. The molecule has 1 atom stereocenters. The maximum absolute atomic E-state index is 12.1. The number of aromatic nitrogens is 2. The van der Waals surface area contributed by atoms with Gasteiger partial charge in [0.2, 0.25) is 5.91 Å². The van der Waals surface area contributed by atoms with Crippen LogP contribution in [0.25, 0.3) is 0 Å². The topological polar surface area (TPSA) is 50.2 Å². The molecule has 1 saturated heterocycles. The van der Waals surface area contributed by atoms with Gasteiger partial charge in [-0.1, -0.05) is 6.92 Å². The number of aryl methyl sites for hydroxylation is 1. The average molecular weight is 264 g/mol. The number of hydrogen-bond donors (Lipinski definition) is 1. The van der Waals surface area contributed by atoms with Gasteiger partial charge in [-0.25, -0.2) is 0 Å². The van der Waals surface area contributed by atoms with Crippen molar-refractivity contribution in [1.29, 1.82) is 0 Å². The standard InChI is InChI=1S/C14H24N4O/c1-11-4-6-18(7-5-11)14(19)9-15-12(2)13-8-16-17(3)10-13/h8,10-12,15H,4-7,9H2,1-3H3. The monoisotopic (exact) mass is 264 g/mol. The van der Waals surface area contributed by atoms with Gasteiger partial charge in [0.1, 0.15) is 0 Å². The number of rotatable bonds is 4. The predicted molar refractivity (Wildman–Crippen MR) is 74.6 cm³/mol. The Labute approximate surface area is 115 Å². The molecule has 2 rings (SSSR count). The molecular weight excluding hydrogens is 240 g/mol. The first-order valence-electron chi connectivity index (χ1n) is 7.06. The van der Waals surface area contributed by atoms with Gasteiger partial charge in [-0.05, 0) is 25.7 Å². The molecule has 0 saturated carbocycles. The normalized spacial score (nSPS) is 18.6. The summed E-state index contributed by atoms with van der Waals surface area (Å²) in [5.41, 5.74) is 1.11. The van der Waals surface area contributed by atoms with E-state index in [1.807, 2.05) is 24.3 Å². The summed E-state index contributed by atoms with van der Waals surface area (Å²) < 4.78 is 1.78. The van der Waals surface area contributed by atoms with Crippen LogP contribution in [0.2, 0.25) is 0 Å². The molecule has 5 nitrogen and oxygen atoms in total. The lowest BCUT2D eigenvalue weighted by Gasteiger charge is -2.30. The Morgan fingerprint density at radius 3 is 2.79 bits per heavy atom. The summed E-state index contributed by atoms with van der Waals surface area (Å²) in [6.45, 7) is 6.53. The molecule has 0 bridgehead atoms. The lowest BCUT2D eigenvalue weighted by molar-refractivity contribution is -0.131. The number of nitrogens with zero attached hydrogens (tertiary/aromatic N) is 3. The van der Waals surface area contributed by atoms with E-state index < -0.39 is 0 Å². The number of carbonyl (C=O) groups excluding carboxylic acids is 1. The molecule has 1 N–H and O–H groups in total. The highest BCUT2D eigenvalue weighted by Crippen LogP contribution is 2.16. The summed E-state index contributed by atoms with van der Waals surface area (Å²) in [7, 11) is 1.90. The zero-order chi connectivity index (χ0) is 13.8. The van der Waals surface area contributed by atoms with Crippen LogP contribution in [-0.2, 0) is 11.8 Å². The van der Waals surface area contributed by atoms with Gasteiger partial charge >= 0.3 is 0 Å². The minimum Gasteiger partial charge on any atom is -0.342 e. The third-order valence-corrected chi connectivity index (χ3v) is 3.92. The fourth-order valence-electron chi connectivity index (χ4n) is 2.39. The number of carbonyl (C=O) groups is 1. The summed E-state index contributed by atoms with van der Waals surface area (Å²) in [6, 6.07) is 0.154. The maximum atomic E-state index is 12.1. The zero-order valence-electron chi connectivity index (χ0n) is 12.1. The third kappa shape index (κ3) is 3.80. The molecule has 5 heteroatoms. The zero-order valence-corrected chi connectivity index (χ0v) is 12.1. The first-order chi connectivity index (χ1) is 9.06. The van der Waals surface area contributed by atoms with Crippen LogP contribution in [-0.4, -0.2) is 40.2 Å². The van der Waals surface area contributed by atoms with Crippen LogP contribution in [0.1, 0.15) is 38.3 Å². The van der Waals surface area contributed by atoms with Crippen LogP contribution in [0.15, 0.2) is 12.4 Å². The summed E-state index contributed by atoms with van der Waals surface area (Å²) in [5, 5.41) is 7.42. The third-order valence-electron chi connectivity index (χ3n) is 3.92. The molecular formula is C14H24N4O. The van der Waals surface area contributed by atoms with E-state index in [1.165, 1.54) is 0 Å². The van der Waals surface area contributed by atoms with Crippen molar-refractivity contribution in [2.45, 2.75) is 32.7 Å². The Balaban J connectivity index is 1.77. The smallest absolute Gasteiger partial charge is 0.236 e. The largest absolute Gasteiger partial charge is 0.342 e. The van der Waals surface area contributed by atoms with E-state index in [0.29, 0.717) is 6.54 Å². The Morgan fingerprint density at radius 2 is 2.21 bits per heavy atom. The molecule has 0 aromatic carbocycles. The highest BCUT2D eigenvalue weighted by atomic mass is 16.2. The first-order valence-corrected chi connectivity index (χ1v) is 7.06. The molecule has 0 radical (unpaired) electrons. The van der Waals surface area contributed by atoms with Crippen LogP contribution in [0.5, 0.6) is 0 Å². The average Bonchev–Trinajstić information content (AvgIpc) is 2.83. The molecule has 1 unspecified atom stereocenters. The van der Waals surface area contributed by atoms with Gasteiger partial charge in [0.15, 0.2) is 0 Å². The summed E-state index contributed by atoms with van der Waals surface area (Å²) in [4.78, 5) is 14.1. The van der Waals surface area contributed by atoms with Crippen molar-refractivity contribution in [2.75, 3.05) is 19.6 Å². The molecule has 19 heavy (non-hydrogen) atoms. The fourth-order valence-corrected chi connectivity index (χ4v) is 2.39. The minimum absolute atomic E-state index is 0.154. The van der Waals surface area contributed by atoms with Crippen molar-refractivity contribution in [3.8, 4) is 0 Å². The fraction of sp³-hybridized carbons (Fsp3) is 0.714. The maximum Gasteiger partial charge on any atom is 0.236 e. The second-order valence-electron chi connectivity index (χ2n) is 5.61. The summed E-state index contributed by atoms with van der Waals surface area (Å²) >= 11 is 0. The molecule has 0 aliphatic carbocycles. The lowest BCUT2D eigenvalue weighted by Crippen LogP contribution is -2.43. The number of amides is 1. The van der Waals surface area contributed by atoms with Crippen molar-refractivity contribution < 1.29 is 4.79 Å². The number of nitrogens with one attached hydrogen (secondary N) is 1. The van der Waals surface area contributed by atoms with E-state index in [0.717, 1.165) is 37.4 Å². The first kappa shape index (κ1) is 14.1. The molecule has 106 valence electrons. The Hall–Kier alpha value is -1.36. The van der Waals surface area contributed by atoms with Crippen molar-refractivity contribution in [2.24, 2.45) is 13.0 Å². The molecule has 1 fully saturated rings. The molecule has 1 aromatic heterocycles. The lowest BCUT2D eigenvalue weighted by atomic mass is 9.99. The van der Waals surface area contributed by atoms with Gasteiger partial charge < -0.3 is 10.2 Å². The molecule has 0 spiro atoms. The van der Waals surface area contributed by atoms with Crippen molar-refractivity contribution in [1.82, 2.24) is 20.0 Å². The summed E-state index contributed by atoms with van der Waals surface area (Å²) in [5.74, 6) is 0.967. The Kier molecular flexibility index (Phi) is 4.58. The van der Waals surface area contributed by atoms with E-state index in [-0.39, 0.29) is 11.9 Å².